The van der Waals surface area contributed by atoms with Gasteiger partial charge in [0.25, 0.3) is 0 Å². The van der Waals surface area contributed by atoms with Crippen molar-refractivity contribution in [2.24, 2.45) is 0 Å². The molecule has 1 heterocycles. The van der Waals surface area contributed by atoms with Gasteiger partial charge in [0.05, 0.1) is 6.61 Å². The van der Waals surface area contributed by atoms with Crippen molar-refractivity contribution in [3.63, 3.8) is 0 Å². The Morgan fingerprint density at radius 3 is 2.76 bits per heavy atom. The van der Waals surface area contributed by atoms with Gasteiger partial charge in [-0.25, -0.2) is 0 Å². The van der Waals surface area contributed by atoms with Gasteiger partial charge in [0.2, 0.25) is 0 Å². The number of rotatable bonds is 4. The highest BCUT2D eigenvalue weighted by atomic mass is 35.5. The molecule has 0 saturated carbocycles. The lowest BCUT2D eigenvalue weighted by Crippen LogP contribution is -2.36. The number of likely N-dealkylation sites (N-methyl/N-ethyl adjacent to an activating group) is 1. The van der Waals surface area contributed by atoms with Crippen molar-refractivity contribution in [2.45, 2.75) is 12.5 Å². The molecule has 1 aliphatic heterocycles. The summed E-state index contributed by atoms with van der Waals surface area (Å²) in [6.45, 7) is 3.08. The minimum absolute atomic E-state index is 0.230. The second kappa shape index (κ2) is 5.71. The molecule has 4 heteroatoms. The summed E-state index contributed by atoms with van der Waals surface area (Å²) in [5, 5.41) is 9.72. The van der Waals surface area contributed by atoms with E-state index in [0.717, 1.165) is 31.1 Å². The molecular formula is C13H19ClN2O. The zero-order valence-electron chi connectivity index (χ0n) is 10.1. The Kier molecular flexibility index (Phi) is 4.26. The number of halogens is 1. The van der Waals surface area contributed by atoms with Gasteiger partial charge in [-0.15, -0.1) is 0 Å². The molecule has 1 aromatic rings. The predicted molar refractivity (Wildman–Crippen MR) is 71.8 cm³/mol. The average molecular weight is 255 g/mol. The molecule has 1 fully saturated rings. The van der Waals surface area contributed by atoms with Crippen molar-refractivity contribution in [2.75, 3.05) is 38.2 Å². The fourth-order valence-electron chi connectivity index (χ4n) is 2.33. The molecule has 0 bridgehead atoms. The fraction of sp³-hybridized carbons (Fsp3) is 0.538. The van der Waals surface area contributed by atoms with E-state index in [-0.39, 0.29) is 6.61 Å². The van der Waals surface area contributed by atoms with Crippen LogP contribution in [-0.4, -0.2) is 49.3 Å². The first-order valence-corrected chi connectivity index (χ1v) is 6.40. The third kappa shape index (κ3) is 3.12. The van der Waals surface area contributed by atoms with E-state index in [0.29, 0.717) is 6.04 Å². The van der Waals surface area contributed by atoms with E-state index in [1.165, 1.54) is 5.69 Å². The van der Waals surface area contributed by atoms with E-state index in [1.807, 2.05) is 12.1 Å². The Labute approximate surface area is 108 Å². The molecule has 0 amide bonds. The lowest BCUT2D eigenvalue weighted by Gasteiger charge is -2.24. The Morgan fingerprint density at radius 1 is 1.41 bits per heavy atom. The molecule has 17 heavy (non-hydrogen) atoms. The van der Waals surface area contributed by atoms with Crippen LogP contribution in [0.25, 0.3) is 0 Å². The molecule has 2 rings (SSSR count). The van der Waals surface area contributed by atoms with Crippen LogP contribution >= 0.6 is 11.6 Å². The zero-order valence-corrected chi connectivity index (χ0v) is 10.9. The maximum absolute atomic E-state index is 8.94. The summed E-state index contributed by atoms with van der Waals surface area (Å²) in [5.74, 6) is 0. The summed E-state index contributed by atoms with van der Waals surface area (Å²) in [6, 6.07) is 8.54. The summed E-state index contributed by atoms with van der Waals surface area (Å²) in [6.07, 6.45) is 1.15. The predicted octanol–water partition coefficient (Wildman–Crippen LogP) is 1.84. The SMILES string of the molecule is CN(CCO)C1CCN(c2ccc(Cl)cc2)C1. The minimum Gasteiger partial charge on any atom is -0.395 e. The second-order valence-corrected chi connectivity index (χ2v) is 5.01. The van der Waals surface area contributed by atoms with Crippen LogP contribution < -0.4 is 4.90 Å². The first-order chi connectivity index (χ1) is 8.20. The van der Waals surface area contributed by atoms with Gasteiger partial charge < -0.3 is 10.0 Å². The molecule has 1 unspecified atom stereocenters. The summed E-state index contributed by atoms with van der Waals surface area (Å²) < 4.78 is 0. The van der Waals surface area contributed by atoms with Gasteiger partial charge >= 0.3 is 0 Å². The molecule has 3 nitrogen and oxygen atoms in total. The second-order valence-electron chi connectivity index (χ2n) is 4.57. The number of nitrogens with zero attached hydrogens (tertiary/aromatic N) is 2. The first kappa shape index (κ1) is 12.7. The maximum atomic E-state index is 8.94. The van der Waals surface area contributed by atoms with Crippen molar-refractivity contribution in [3.05, 3.63) is 29.3 Å². The van der Waals surface area contributed by atoms with Gasteiger partial charge in [0.1, 0.15) is 0 Å². The maximum Gasteiger partial charge on any atom is 0.0558 e. The van der Waals surface area contributed by atoms with E-state index in [1.54, 1.807) is 0 Å². The highest BCUT2D eigenvalue weighted by Gasteiger charge is 2.25. The molecule has 0 aliphatic carbocycles. The van der Waals surface area contributed by atoms with Gasteiger partial charge in [-0.1, -0.05) is 11.6 Å². The highest BCUT2D eigenvalue weighted by Crippen LogP contribution is 2.23. The molecule has 0 spiro atoms. The summed E-state index contributed by atoms with van der Waals surface area (Å²) >= 11 is 5.88. The molecular weight excluding hydrogens is 236 g/mol. The third-order valence-electron chi connectivity index (χ3n) is 3.43. The van der Waals surface area contributed by atoms with E-state index in [9.17, 15) is 0 Å². The van der Waals surface area contributed by atoms with Crippen LogP contribution in [0.1, 0.15) is 6.42 Å². The highest BCUT2D eigenvalue weighted by molar-refractivity contribution is 6.30. The minimum atomic E-state index is 0.230. The molecule has 1 atom stereocenters. The number of aliphatic hydroxyl groups excluding tert-OH is 1. The fourth-order valence-corrected chi connectivity index (χ4v) is 2.45. The van der Waals surface area contributed by atoms with Crippen LogP contribution in [-0.2, 0) is 0 Å². The van der Waals surface area contributed by atoms with Crippen molar-refractivity contribution in [1.82, 2.24) is 4.90 Å². The monoisotopic (exact) mass is 254 g/mol. The Balaban J connectivity index is 1.95. The molecule has 1 N–H and O–H groups in total. The number of benzene rings is 1. The normalized spacial score (nSPS) is 20.2. The van der Waals surface area contributed by atoms with Crippen LogP contribution in [0.3, 0.4) is 0 Å². The van der Waals surface area contributed by atoms with E-state index in [4.69, 9.17) is 16.7 Å². The number of aliphatic hydroxyl groups is 1. The van der Waals surface area contributed by atoms with Crippen LogP contribution in [0.2, 0.25) is 5.02 Å². The molecule has 0 aromatic heterocycles. The summed E-state index contributed by atoms with van der Waals surface area (Å²) in [4.78, 5) is 4.60. The molecule has 1 aliphatic rings. The summed E-state index contributed by atoms with van der Waals surface area (Å²) in [5.41, 5.74) is 1.23. The average Bonchev–Trinajstić information content (AvgIpc) is 2.80. The molecule has 1 saturated heterocycles. The van der Waals surface area contributed by atoms with Gasteiger partial charge in [-0.3, -0.25) is 4.90 Å². The van der Waals surface area contributed by atoms with Crippen molar-refractivity contribution < 1.29 is 5.11 Å². The summed E-state index contributed by atoms with van der Waals surface area (Å²) in [7, 11) is 2.08. The lowest BCUT2D eigenvalue weighted by molar-refractivity contribution is 0.188. The number of hydrogen-bond acceptors (Lipinski definition) is 3. The Morgan fingerprint density at radius 2 is 2.12 bits per heavy atom. The molecule has 0 radical (unpaired) electrons. The van der Waals surface area contributed by atoms with Crippen molar-refractivity contribution in [1.29, 1.82) is 0 Å². The van der Waals surface area contributed by atoms with E-state index in [2.05, 4.69) is 29.0 Å². The van der Waals surface area contributed by atoms with Gasteiger partial charge in [0, 0.05) is 36.4 Å². The topological polar surface area (TPSA) is 26.7 Å². The Bertz CT molecular complexity index is 355. The molecule has 1 aromatic carbocycles. The van der Waals surface area contributed by atoms with Crippen LogP contribution in [0.15, 0.2) is 24.3 Å². The van der Waals surface area contributed by atoms with Crippen LogP contribution in [0.4, 0.5) is 5.69 Å². The quantitative estimate of drug-likeness (QED) is 0.888. The smallest absolute Gasteiger partial charge is 0.0558 e. The lowest BCUT2D eigenvalue weighted by atomic mass is 10.2. The van der Waals surface area contributed by atoms with Crippen LogP contribution in [0, 0.1) is 0 Å². The Hall–Kier alpha value is -0.770. The van der Waals surface area contributed by atoms with Crippen LogP contribution in [0.5, 0.6) is 0 Å². The number of anilines is 1. The van der Waals surface area contributed by atoms with Gasteiger partial charge in [-0.05, 0) is 37.7 Å². The number of hydrogen-bond donors (Lipinski definition) is 1. The van der Waals surface area contributed by atoms with E-state index < -0.39 is 0 Å². The largest absolute Gasteiger partial charge is 0.395 e. The standard InChI is InChI=1S/C13H19ClN2O/c1-15(8-9-17)13-6-7-16(10-13)12-4-2-11(14)3-5-12/h2-5,13,17H,6-10H2,1H3. The van der Waals surface area contributed by atoms with Gasteiger partial charge in [0.15, 0.2) is 0 Å². The third-order valence-corrected chi connectivity index (χ3v) is 3.68. The molecule has 94 valence electrons. The van der Waals surface area contributed by atoms with E-state index >= 15 is 0 Å². The first-order valence-electron chi connectivity index (χ1n) is 6.02. The van der Waals surface area contributed by atoms with Gasteiger partial charge in [-0.2, -0.15) is 0 Å². The zero-order chi connectivity index (χ0) is 12.3. The van der Waals surface area contributed by atoms with Crippen molar-refractivity contribution in [3.8, 4) is 0 Å². The van der Waals surface area contributed by atoms with Crippen molar-refractivity contribution >= 4 is 17.3 Å².